The third kappa shape index (κ3) is 8.42. The molecule has 0 bridgehead atoms. The van der Waals surface area contributed by atoms with Crippen molar-refractivity contribution in [2.45, 2.75) is 52.6 Å². The molecule has 0 saturated carbocycles. The number of benzene rings is 3. The molecule has 1 atom stereocenters. The summed E-state index contributed by atoms with van der Waals surface area (Å²) in [6.45, 7) is 6.19. The number of anilines is 1. The minimum Gasteiger partial charge on any atom is -0.354 e. The lowest BCUT2D eigenvalue weighted by atomic mass is 10.0. The molecule has 0 radical (unpaired) electrons. The fourth-order valence-corrected chi connectivity index (χ4v) is 5.25. The number of hydrogen-bond donors (Lipinski definition) is 1. The van der Waals surface area contributed by atoms with Gasteiger partial charge in [-0.05, 0) is 54.2 Å². The molecule has 1 N–H and O–H groups in total. The first-order chi connectivity index (χ1) is 18.6. The van der Waals surface area contributed by atoms with E-state index in [-0.39, 0.29) is 12.5 Å². The molecule has 0 aliphatic carbocycles. The maximum atomic E-state index is 14.1. The first kappa shape index (κ1) is 29.9. The highest BCUT2D eigenvalue weighted by Gasteiger charge is 2.33. The van der Waals surface area contributed by atoms with Crippen LogP contribution in [0.2, 0.25) is 0 Å². The van der Waals surface area contributed by atoms with Gasteiger partial charge < -0.3 is 10.2 Å². The first-order valence-electron chi connectivity index (χ1n) is 13.4. The minimum atomic E-state index is -3.78. The molecular formula is C31H39N3O4S. The number of nitrogens with one attached hydrogen (secondary N) is 1. The highest BCUT2D eigenvalue weighted by Crippen LogP contribution is 2.22. The molecule has 3 aromatic carbocycles. The fourth-order valence-electron chi connectivity index (χ4n) is 4.40. The summed E-state index contributed by atoms with van der Waals surface area (Å²) >= 11 is 0. The Balaban J connectivity index is 2.04. The Kier molecular flexibility index (Phi) is 10.7. The third-order valence-electron chi connectivity index (χ3n) is 6.73. The standard InChI is InChI=1S/C31H39N3O4S/c1-5-20-32-31(36)29(21-26-13-8-7-9-14-26)33(22-27-15-11-10-12-24(27)3)30(35)23-34(39(4,37)38)28-18-16-25(6-2)17-19-28/h7-19,29H,5-6,20-23H2,1-4H3,(H,32,36). The van der Waals surface area contributed by atoms with E-state index < -0.39 is 28.5 Å². The maximum Gasteiger partial charge on any atom is 0.244 e. The average Bonchev–Trinajstić information content (AvgIpc) is 2.93. The summed E-state index contributed by atoms with van der Waals surface area (Å²) in [6, 6.07) is 23.6. The van der Waals surface area contributed by atoms with E-state index in [1.54, 1.807) is 12.1 Å². The van der Waals surface area contributed by atoms with Gasteiger partial charge in [-0.25, -0.2) is 8.42 Å². The van der Waals surface area contributed by atoms with Gasteiger partial charge >= 0.3 is 0 Å². The molecule has 3 aromatic rings. The Morgan fingerprint density at radius 3 is 2.10 bits per heavy atom. The van der Waals surface area contributed by atoms with Gasteiger partial charge in [0.25, 0.3) is 0 Å². The molecule has 3 rings (SSSR count). The van der Waals surface area contributed by atoms with Crippen molar-refractivity contribution in [2.24, 2.45) is 0 Å². The van der Waals surface area contributed by atoms with E-state index in [0.29, 0.717) is 18.7 Å². The van der Waals surface area contributed by atoms with Crippen molar-refractivity contribution < 1.29 is 18.0 Å². The predicted octanol–water partition coefficient (Wildman–Crippen LogP) is 4.49. The molecule has 39 heavy (non-hydrogen) atoms. The molecule has 0 heterocycles. The van der Waals surface area contributed by atoms with E-state index in [2.05, 4.69) is 5.32 Å². The van der Waals surface area contributed by atoms with Gasteiger partial charge in [-0.2, -0.15) is 0 Å². The monoisotopic (exact) mass is 549 g/mol. The number of sulfonamides is 1. The van der Waals surface area contributed by atoms with Crippen LogP contribution in [0.25, 0.3) is 0 Å². The summed E-state index contributed by atoms with van der Waals surface area (Å²) in [5, 5.41) is 2.95. The second kappa shape index (κ2) is 13.9. The molecular weight excluding hydrogens is 510 g/mol. The second-order valence-corrected chi connectivity index (χ2v) is 11.6. The highest BCUT2D eigenvalue weighted by molar-refractivity contribution is 7.92. The second-order valence-electron chi connectivity index (χ2n) is 9.73. The lowest BCUT2D eigenvalue weighted by Gasteiger charge is -2.34. The van der Waals surface area contributed by atoms with Gasteiger partial charge in [-0.3, -0.25) is 13.9 Å². The van der Waals surface area contributed by atoms with Crippen LogP contribution in [0.15, 0.2) is 78.9 Å². The van der Waals surface area contributed by atoms with Crippen LogP contribution in [-0.4, -0.2) is 50.5 Å². The normalized spacial score (nSPS) is 12.0. The van der Waals surface area contributed by atoms with E-state index in [4.69, 9.17) is 0 Å². The molecule has 8 heteroatoms. The van der Waals surface area contributed by atoms with Gasteiger partial charge in [-0.15, -0.1) is 0 Å². The Labute approximate surface area is 232 Å². The number of nitrogens with zero attached hydrogens (tertiary/aromatic N) is 2. The lowest BCUT2D eigenvalue weighted by molar-refractivity contribution is -0.140. The lowest BCUT2D eigenvalue weighted by Crippen LogP contribution is -2.53. The SMILES string of the molecule is CCCNC(=O)C(Cc1ccccc1)N(Cc1ccccc1C)C(=O)CN(c1ccc(CC)cc1)S(C)(=O)=O. The van der Waals surface area contributed by atoms with E-state index in [1.807, 2.05) is 87.5 Å². The number of carbonyl (C=O) groups is 2. The smallest absolute Gasteiger partial charge is 0.244 e. The van der Waals surface area contributed by atoms with E-state index in [9.17, 15) is 18.0 Å². The van der Waals surface area contributed by atoms with Crippen molar-refractivity contribution in [1.29, 1.82) is 0 Å². The summed E-state index contributed by atoms with van der Waals surface area (Å²) in [6.07, 6.45) is 2.97. The Morgan fingerprint density at radius 1 is 0.872 bits per heavy atom. The molecule has 2 amide bonds. The van der Waals surface area contributed by atoms with Crippen LogP contribution in [0.1, 0.15) is 42.5 Å². The summed E-state index contributed by atoms with van der Waals surface area (Å²) in [4.78, 5) is 29.1. The molecule has 1 unspecified atom stereocenters. The number of amides is 2. The molecule has 0 aliphatic rings. The summed E-state index contributed by atoms with van der Waals surface area (Å²) in [7, 11) is -3.78. The third-order valence-corrected chi connectivity index (χ3v) is 7.87. The van der Waals surface area contributed by atoms with E-state index >= 15 is 0 Å². The van der Waals surface area contributed by atoms with Gasteiger partial charge in [0.2, 0.25) is 21.8 Å². The summed E-state index contributed by atoms with van der Waals surface area (Å²) < 4.78 is 26.9. The van der Waals surface area contributed by atoms with Crippen LogP contribution < -0.4 is 9.62 Å². The zero-order valence-electron chi connectivity index (χ0n) is 23.3. The van der Waals surface area contributed by atoms with E-state index in [0.717, 1.165) is 45.7 Å². The average molecular weight is 550 g/mol. The van der Waals surface area contributed by atoms with E-state index in [1.165, 1.54) is 4.90 Å². The minimum absolute atomic E-state index is 0.176. The maximum absolute atomic E-state index is 14.1. The fraction of sp³-hybridized carbons (Fsp3) is 0.355. The van der Waals surface area contributed by atoms with Crippen molar-refractivity contribution in [3.63, 3.8) is 0 Å². The first-order valence-corrected chi connectivity index (χ1v) is 15.2. The van der Waals surface area contributed by atoms with Gasteiger partial charge in [0.05, 0.1) is 11.9 Å². The predicted molar refractivity (Wildman–Crippen MR) is 157 cm³/mol. The Bertz CT molecular complexity index is 1340. The van der Waals surface area contributed by atoms with Crippen LogP contribution >= 0.6 is 0 Å². The molecule has 208 valence electrons. The topological polar surface area (TPSA) is 86.8 Å². The van der Waals surface area contributed by atoms with Gasteiger partial charge in [0, 0.05) is 19.5 Å². The van der Waals surface area contributed by atoms with Crippen LogP contribution in [0, 0.1) is 6.92 Å². The summed E-state index contributed by atoms with van der Waals surface area (Å²) in [5.41, 5.74) is 4.26. The van der Waals surface area contributed by atoms with Crippen LogP contribution in [0.3, 0.4) is 0 Å². The highest BCUT2D eigenvalue weighted by atomic mass is 32.2. The number of rotatable bonds is 13. The Morgan fingerprint density at radius 2 is 1.51 bits per heavy atom. The van der Waals surface area contributed by atoms with Gasteiger partial charge in [0.1, 0.15) is 12.6 Å². The zero-order valence-corrected chi connectivity index (χ0v) is 24.1. The molecule has 0 aromatic heterocycles. The van der Waals surface area contributed by atoms with Crippen LogP contribution in [-0.2, 0) is 39.0 Å². The molecule has 0 spiro atoms. The van der Waals surface area contributed by atoms with Crippen molar-refractivity contribution in [1.82, 2.24) is 10.2 Å². The number of carbonyl (C=O) groups excluding carboxylic acids is 2. The Hall–Kier alpha value is -3.65. The van der Waals surface area contributed by atoms with Crippen LogP contribution in [0.4, 0.5) is 5.69 Å². The van der Waals surface area contributed by atoms with Crippen molar-refractivity contribution in [2.75, 3.05) is 23.7 Å². The van der Waals surface area contributed by atoms with Crippen molar-refractivity contribution >= 4 is 27.5 Å². The molecule has 0 aliphatic heterocycles. The molecule has 0 fully saturated rings. The van der Waals surface area contributed by atoms with Crippen LogP contribution in [0.5, 0.6) is 0 Å². The largest absolute Gasteiger partial charge is 0.354 e. The zero-order chi connectivity index (χ0) is 28.4. The number of hydrogen-bond acceptors (Lipinski definition) is 4. The van der Waals surface area contributed by atoms with Crippen molar-refractivity contribution in [3.05, 3.63) is 101 Å². The van der Waals surface area contributed by atoms with Gasteiger partial charge in [0.15, 0.2) is 0 Å². The van der Waals surface area contributed by atoms with Gasteiger partial charge in [-0.1, -0.05) is 80.6 Å². The summed E-state index contributed by atoms with van der Waals surface area (Å²) in [5.74, 6) is -0.711. The number of aryl methyl sites for hydroxylation is 2. The molecule has 0 saturated heterocycles. The quantitative estimate of drug-likeness (QED) is 0.340. The molecule has 7 nitrogen and oxygen atoms in total. The van der Waals surface area contributed by atoms with Crippen molar-refractivity contribution in [3.8, 4) is 0 Å².